The Balaban J connectivity index is 1.39. The van der Waals surface area contributed by atoms with Gasteiger partial charge in [0.2, 0.25) is 5.91 Å². The second-order valence-electron chi connectivity index (χ2n) is 5.61. The van der Waals surface area contributed by atoms with E-state index in [2.05, 4.69) is 15.3 Å². The summed E-state index contributed by atoms with van der Waals surface area (Å²) in [5, 5.41) is 3.50. The Morgan fingerprint density at radius 1 is 0.963 bits per heavy atom. The summed E-state index contributed by atoms with van der Waals surface area (Å²) in [6, 6.07) is 16.1. The Kier molecular flexibility index (Phi) is 6.60. The van der Waals surface area contributed by atoms with Crippen molar-refractivity contribution in [3.63, 3.8) is 0 Å². The lowest BCUT2D eigenvalue weighted by molar-refractivity contribution is -0.116. The Hall–Kier alpha value is -3.12. The van der Waals surface area contributed by atoms with E-state index in [1.54, 1.807) is 67.0 Å². The SMILES string of the molecule is O=C(CCCOc1ccc(Cl)cc1)Nc1ccc(Oc2ncccn2)cc1. The highest BCUT2D eigenvalue weighted by atomic mass is 35.5. The lowest BCUT2D eigenvalue weighted by atomic mass is 10.2. The van der Waals surface area contributed by atoms with Crippen LogP contribution < -0.4 is 14.8 Å². The fourth-order valence-corrected chi connectivity index (χ4v) is 2.35. The van der Waals surface area contributed by atoms with E-state index in [4.69, 9.17) is 21.1 Å². The molecule has 0 atom stereocenters. The van der Waals surface area contributed by atoms with Crippen molar-refractivity contribution < 1.29 is 14.3 Å². The number of nitrogens with zero attached hydrogens (tertiary/aromatic N) is 2. The predicted octanol–water partition coefficient (Wildman–Crippen LogP) is 4.72. The van der Waals surface area contributed by atoms with E-state index in [9.17, 15) is 4.79 Å². The highest BCUT2D eigenvalue weighted by Gasteiger charge is 2.04. The zero-order valence-corrected chi connectivity index (χ0v) is 15.2. The van der Waals surface area contributed by atoms with Crippen LogP contribution in [0.2, 0.25) is 5.02 Å². The Morgan fingerprint density at radius 2 is 1.63 bits per heavy atom. The molecule has 0 saturated carbocycles. The van der Waals surface area contributed by atoms with Gasteiger partial charge in [0.25, 0.3) is 0 Å². The topological polar surface area (TPSA) is 73.3 Å². The second kappa shape index (κ2) is 9.54. The van der Waals surface area contributed by atoms with Crippen LogP contribution in [-0.2, 0) is 4.79 Å². The van der Waals surface area contributed by atoms with Gasteiger partial charge in [0.1, 0.15) is 11.5 Å². The molecule has 1 heterocycles. The van der Waals surface area contributed by atoms with E-state index in [0.717, 1.165) is 5.75 Å². The highest BCUT2D eigenvalue weighted by molar-refractivity contribution is 6.30. The maximum absolute atomic E-state index is 12.0. The monoisotopic (exact) mass is 383 g/mol. The third-order valence-electron chi connectivity index (χ3n) is 3.52. The molecule has 0 aliphatic rings. The number of amides is 1. The van der Waals surface area contributed by atoms with Crippen molar-refractivity contribution in [2.45, 2.75) is 12.8 Å². The molecule has 7 heteroatoms. The summed E-state index contributed by atoms with van der Waals surface area (Å²) in [5.41, 5.74) is 0.694. The van der Waals surface area contributed by atoms with E-state index in [-0.39, 0.29) is 11.9 Å². The number of carbonyl (C=O) groups is 1. The molecular formula is C20H18ClN3O3. The Bertz CT molecular complexity index is 856. The second-order valence-corrected chi connectivity index (χ2v) is 6.05. The Morgan fingerprint density at radius 3 is 2.33 bits per heavy atom. The fourth-order valence-electron chi connectivity index (χ4n) is 2.23. The van der Waals surface area contributed by atoms with Gasteiger partial charge >= 0.3 is 6.01 Å². The number of rotatable bonds is 8. The first-order valence-corrected chi connectivity index (χ1v) is 8.80. The summed E-state index contributed by atoms with van der Waals surface area (Å²) in [4.78, 5) is 20.0. The van der Waals surface area contributed by atoms with E-state index in [1.807, 2.05) is 0 Å². The van der Waals surface area contributed by atoms with Crippen molar-refractivity contribution in [2.24, 2.45) is 0 Å². The molecule has 1 aromatic heterocycles. The average molecular weight is 384 g/mol. The molecule has 138 valence electrons. The summed E-state index contributed by atoms with van der Waals surface area (Å²) >= 11 is 5.82. The first kappa shape index (κ1) is 18.7. The lowest BCUT2D eigenvalue weighted by Gasteiger charge is -2.08. The van der Waals surface area contributed by atoms with Gasteiger partial charge in [-0.05, 0) is 61.0 Å². The van der Waals surface area contributed by atoms with Crippen LogP contribution >= 0.6 is 11.6 Å². The van der Waals surface area contributed by atoms with E-state index < -0.39 is 0 Å². The summed E-state index contributed by atoms with van der Waals surface area (Å²) in [5.74, 6) is 1.25. The van der Waals surface area contributed by atoms with Crippen LogP contribution in [0.5, 0.6) is 17.5 Å². The number of ether oxygens (including phenoxy) is 2. The first-order valence-electron chi connectivity index (χ1n) is 8.42. The molecule has 1 amide bonds. The number of benzene rings is 2. The van der Waals surface area contributed by atoms with Crippen molar-refractivity contribution >= 4 is 23.2 Å². The number of carbonyl (C=O) groups excluding carboxylic acids is 1. The van der Waals surface area contributed by atoms with Crippen LogP contribution in [0.15, 0.2) is 67.0 Å². The van der Waals surface area contributed by atoms with Gasteiger partial charge in [-0.15, -0.1) is 0 Å². The normalized spacial score (nSPS) is 10.3. The van der Waals surface area contributed by atoms with Gasteiger partial charge in [-0.1, -0.05) is 11.6 Å². The minimum atomic E-state index is -0.0743. The fraction of sp³-hybridized carbons (Fsp3) is 0.150. The summed E-state index contributed by atoms with van der Waals surface area (Å²) < 4.78 is 11.1. The van der Waals surface area contributed by atoms with Crippen molar-refractivity contribution in [1.82, 2.24) is 9.97 Å². The zero-order valence-electron chi connectivity index (χ0n) is 14.5. The van der Waals surface area contributed by atoms with Crippen LogP contribution in [0.3, 0.4) is 0 Å². The molecule has 0 unspecified atom stereocenters. The van der Waals surface area contributed by atoms with Gasteiger partial charge in [0, 0.05) is 29.5 Å². The molecule has 0 bridgehead atoms. The molecule has 6 nitrogen and oxygen atoms in total. The molecule has 1 N–H and O–H groups in total. The molecule has 0 aliphatic carbocycles. The third-order valence-corrected chi connectivity index (χ3v) is 3.77. The maximum atomic E-state index is 12.0. The largest absolute Gasteiger partial charge is 0.494 e. The van der Waals surface area contributed by atoms with Crippen molar-refractivity contribution in [2.75, 3.05) is 11.9 Å². The van der Waals surface area contributed by atoms with E-state index in [0.29, 0.717) is 35.9 Å². The van der Waals surface area contributed by atoms with Gasteiger partial charge < -0.3 is 14.8 Å². The predicted molar refractivity (Wildman–Crippen MR) is 103 cm³/mol. The van der Waals surface area contributed by atoms with Crippen LogP contribution in [0, 0.1) is 0 Å². The van der Waals surface area contributed by atoms with E-state index in [1.165, 1.54) is 0 Å². The van der Waals surface area contributed by atoms with Crippen LogP contribution in [0.4, 0.5) is 5.69 Å². The minimum Gasteiger partial charge on any atom is -0.494 e. The smallest absolute Gasteiger partial charge is 0.321 e. The third kappa shape index (κ3) is 6.27. The number of hydrogen-bond donors (Lipinski definition) is 1. The molecule has 0 spiro atoms. The van der Waals surface area contributed by atoms with Crippen LogP contribution in [0.1, 0.15) is 12.8 Å². The summed E-state index contributed by atoms with van der Waals surface area (Å²) in [7, 11) is 0. The number of aromatic nitrogens is 2. The molecule has 27 heavy (non-hydrogen) atoms. The van der Waals surface area contributed by atoms with Crippen molar-refractivity contribution in [3.8, 4) is 17.5 Å². The van der Waals surface area contributed by atoms with Gasteiger partial charge in [-0.3, -0.25) is 4.79 Å². The molecule has 3 rings (SSSR count). The van der Waals surface area contributed by atoms with Gasteiger partial charge in [0.05, 0.1) is 6.61 Å². The van der Waals surface area contributed by atoms with Crippen molar-refractivity contribution in [1.29, 1.82) is 0 Å². The first-order chi connectivity index (χ1) is 13.2. The number of hydrogen-bond acceptors (Lipinski definition) is 5. The summed E-state index contributed by atoms with van der Waals surface area (Å²) in [6.45, 7) is 0.457. The molecule has 2 aromatic carbocycles. The maximum Gasteiger partial charge on any atom is 0.321 e. The van der Waals surface area contributed by atoms with E-state index >= 15 is 0 Å². The molecule has 0 saturated heterocycles. The van der Waals surface area contributed by atoms with Gasteiger partial charge in [0.15, 0.2) is 0 Å². The van der Waals surface area contributed by atoms with Gasteiger partial charge in [-0.25, -0.2) is 9.97 Å². The quantitative estimate of drug-likeness (QED) is 0.570. The summed E-state index contributed by atoms with van der Waals surface area (Å²) in [6.07, 6.45) is 4.19. The number of nitrogens with one attached hydrogen (secondary N) is 1. The molecule has 0 aliphatic heterocycles. The van der Waals surface area contributed by atoms with Crippen LogP contribution in [-0.4, -0.2) is 22.5 Å². The standard InChI is InChI=1S/C20H18ClN3O3/c21-15-4-8-17(9-5-15)26-14-1-3-19(25)24-16-6-10-18(11-7-16)27-20-22-12-2-13-23-20/h2,4-13H,1,3,14H2,(H,24,25). The highest BCUT2D eigenvalue weighted by Crippen LogP contribution is 2.20. The number of halogens is 1. The molecule has 0 fully saturated rings. The van der Waals surface area contributed by atoms with Gasteiger partial charge in [-0.2, -0.15) is 0 Å². The molecule has 3 aromatic rings. The average Bonchev–Trinajstić information content (AvgIpc) is 2.69. The van der Waals surface area contributed by atoms with Crippen molar-refractivity contribution in [3.05, 3.63) is 72.0 Å². The minimum absolute atomic E-state index is 0.0743. The van der Waals surface area contributed by atoms with Crippen LogP contribution in [0.25, 0.3) is 0 Å². The Labute approximate surface area is 162 Å². The zero-order chi connectivity index (χ0) is 18.9. The lowest BCUT2D eigenvalue weighted by Crippen LogP contribution is -2.12. The molecule has 0 radical (unpaired) electrons. The number of anilines is 1. The molecular weight excluding hydrogens is 366 g/mol.